The number of para-hydroxylation sites is 1. The Labute approximate surface area is 105 Å². The van der Waals surface area contributed by atoms with Crippen molar-refractivity contribution in [3.63, 3.8) is 0 Å². The molecule has 0 aliphatic carbocycles. The molecule has 0 spiro atoms. The van der Waals surface area contributed by atoms with E-state index in [4.69, 9.17) is 0 Å². The molecule has 0 saturated heterocycles. The van der Waals surface area contributed by atoms with Crippen LogP contribution in [0.15, 0.2) is 24.3 Å². The summed E-state index contributed by atoms with van der Waals surface area (Å²) in [5.41, 5.74) is -1.23. The maximum absolute atomic E-state index is 13.6. The zero-order chi connectivity index (χ0) is 13.9. The van der Waals surface area contributed by atoms with Gasteiger partial charge in [0, 0.05) is 7.05 Å². The molecule has 1 aromatic carbocycles. The molecule has 0 aromatic heterocycles. The number of amides is 1. The molecule has 4 nitrogen and oxygen atoms in total. The van der Waals surface area contributed by atoms with Crippen LogP contribution in [0.5, 0.6) is 0 Å². The summed E-state index contributed by atoms with van der Waals surface area (Å²) in [7, 11) is 2.63. The minimum atomic E-state index is -1.36. The van der Waals surface area contributed by atoms with E-state index in [-0.39, 0.29) is 5.69 Å². The van der Waals surface area contributed by atoms with E-state index >= 15 is 0 Å². The van der Waals surface area contributed by atoms with Crippen LogP contribution in [0.3, 0.4) is 0 Å². The summed E-state index contributed by atoms with van der Waals surface area (Å²) in [4.78, 5) is 24.8. The molecular weight excluding hydrogens is 237 g/mol. The molecule has 0 heterocycles. The van der Waals surface area contributed by atoms with E-state index in [1.54, 1.807) is 6.07 Å². The Morgan fingerprint density at radius 1 is 1.28 bits per heavy atom. The van der Waals surface area contributed by atoms with Crippen LogP contribution in [0.25, 0.3) is 0 Å². The van der Waals surface area contributed by atoms with Crippen molar-refractivity contribution in [1.29, 1.82) is 0 Å². The van der Waals surface area contributed by atoms with Gasteiger partial charge in [0.05, 0.1) is 12.8 Å². The summed E-state index contributed by atoms with van der Waals surface area (Å²) in [6, 6.07) is 5.88. The maximum Gasteiger partial charge on any atom is 0.320 e. The number of anilines is 1. The number of methoxy groups -OCH3 is 1. The summed E-state index contributed by atoms with van der Waals surface area (Å²) < 4.78 is 18.1. The number of esters is 1. The van der Waals surface area contributed by atoms with Crippen molar-refractivity contribution >= 4 is 17.6 Å². The molecule has 0 unspecified atom stereocenters. The molecule has 0 radical (unpaired) electrons. The number of benzene rings is 1. The van der Waals surface area contributed by atoms with Gasteiger partial charge in [0.25, 0.3) is 0 Å². The van der Waals surface area contributed by atoms with Crippen molar-refractivity contribution < 1.29 is 18.7 Å². The van der Waals surface area contributed by atoms with E-state index < -0.39 is 23.1 Å². The van der Waals surface area contributed by atoms with E-state index in [0.717, 1.165) is 4.90 Å². The number of carbonyl (C=O) groups is 2. The quantitative estimate of drug-likeness (QED) is 0.611. The summed E-state index contributed by atoms with van der Waals surface area (Å²) in [5.74, 6) is -1.70. The van der Waals surface area contributed by atoms with Gasteiger partial charge in [0.15, 0.2) is 0 Å². The molecule has 1 rings (SSSR count). The molecule has 0 aliphatic heterocycles. The summed E-state index contributed by atoms with van der Waals surface area (Å²) in [6.45, 7) is 2.89. The van der Waals surface area contributed by atoms with Crippen molar-refractivity contribution in [2.45, 2.75) is 13.8 Å². The van der Waals surface area contributed by atoms with Gasteiger partial charge in [-0.3, -0.25) is 9.59 Å². The summed E-state index contributed by atoms with van der Waals surface area (Å²) in [5, 5.41) is 0. The van der Waals surface area contributed by atoms with Crippen LogP contribution < -0.4 is 4.90 Å². The summed E-state index contributed by atoms with van der Waals surface area (Å²) in [6.07, 6.45) is 0. The van der Waals surface area contributed by atoms with Gasteiger partial charge in [0.1, 0.15) is 11.2 Å². The van der Waals surface area contributed by atoms with Gasteiger partial charge in [-0.1, -0.05) is 12.1 Å². The van der Waals surface area contributed by atoms with Crippen LogP contribution in [0.2, 0.25) is 0 Å². The average molecular weight is 253 g/mol. The Bertz CT molecular complexity index is 471. The lowest BCUT2D eigenvalue weighted by molar-refractivity contribution is -0.155. The first-order valence-electron chi connectivity index (χ1n) is 5.43. The van der Waals surface area contributed by atoms with E-state index in [1.807, 2.05) is 0 Å². The number of ether oxygens (including phenoxy) is 1. The Kier molecular flexibility index (Phi) is 4.06. The number of carbonyl (C=O) groups excluding carboxylic acids is 2. The van der Waals surface area contributed by atoms with Gasteiger partial charge in [0.2, 0.25) is 5.91 Å². The molecule has 18 heavy (non-hydrogen) atoms. The lowest BCUT2D eigenvalue weighted by Crippen LogP contribution is -2.44. The Morgan fingerprint density at radius 2 is 1.83 bits per heavy atom. The van der Waals surface area contributed by atoms with Crippen LogP contribution >= 0.6 is 0 Å². The van der Waals surface area contributed by atoms with Gasteiger partial charge >= 0.3 is 5.97 Å². The summed E-state index contributed by atoms with van der Waals surface area (Å²) >= 11 is 0. The zero-order valence-electron chi connectivity index (χ0n) is 10.9. The average Bonchev–Trinajstić information content (AvgIpc) is 2.36. The molecule has 0 fully saturated rings. The monoisotopic (exact) mass is 253 g/mol. The third-order valence-corrected chi connectivity index (χ3v) is 2.75. The fourth-order valence-electron chi connectivity index (χ4n) is 1.59. The second-order valence-corrected chi connectivity index (χ2v) is 4.43. The number of hydrogen-bond acceptors (Lipinski definition) is 3. The van der Waals surface area contributed by atoms with E-state index in [2.05, 4.69) is 4.74 Å². The van der Waals surface area contributed by atoms with E-state index in [9.17, 15) is 14.0 Å². The normalized spacial score (nSPS) is 10.9. The smallest absolute Gasteiger partial charge is 0.320 e. The Balaban J connectivity index is 3.05. The van der Waals surface area contributed by atoms with Crippen molar-refractivity contribution in [2.24, 2.45) is 5.41 Å². The molecule has 5 heteroatoms. The van der Waals surface area contributed by atoms with Crippen LogP contribution in [-0.4, -0.2) is 26.0 Å². The van der Waals surface area contributed by atoms with Crippen LogP contribution in [0.4, 0.5) is 10.1 Å². The maximum atomic E-state index is 13.6. The molecule has 1 aromatic rings. The van der Waals surface area contributed by atoms with Gasteiger partial charge in [-0.15, -0.1) is 0 Å². The number of hydrogen-bond donors (Lipinski definition) is 0. The Morgan fingerprint density at radius 3 is 2.33 bits per heavy atom. The third-order valence-electron chi connectivity index (χ3n) is 2.75. The van der Waals surface area contributed by atoms with Crippen molar-refractivity contribution in [3.8, 4) is 0 Å². The van der Waals surface area contributed by atoms with Crippen LogP contribution in [0, 0.1) is 11.2 Å². The number of halogens is 1. The highest BCUT2D eigenvalue weighted by Gasteiger charge is 2.40. The van der Waals surface area contributed by atoms with Gasteiger partial charge in [-0.05, 0) is 26.0 Å². The molecular formula is C13H16FNO3. The van der Waals surface area contributed by atoms with Gasteiger partial charge < -0.3 is 9.64 Å². The molecule has 0 aliphatic rings. The molecule has 0 saturated carbocycles. The number of rotatable bonds is 3. The topological polar surface area (TPSA) is 46.6 Å². The second kappa shape index (κ2) is 5.16. The molecule has 1 amide bonds. The minimum absolute atomic E-state index is 0.125. The molecule has 0 bridgehead atoms. The van der Waals surface area contributed by atoms with Crippen LogP contribution in [-0.2, 0) is 14.3 Å². The number of nitrogens with zero attached hydrogens (tertiary/aromatic N) is 1. The lowest BCUT2D eigenvalue weighted by Gasteiger charge is -2.27. The van der Waals surface area contributed by atoms with Gasteiger partial charge in [-0.2, -0.15) is 0 Å². The highest BCUT2D eigenvalue weighted by Crippen LogP contribution is 2.25. The third kappa shape index (κ3) is 2.50. The standard InChI is InChI=1S/C13H16FNO3/c1-13(2,12(17)18-4)11(16)15(3)10-8-6-5-7-9(10)14/h5-8H,1-4H3. The van der Waals surface area contributed by atoms with Crippen LogP contribution in [0.1, 0.15) is 13.8 Å². The Hall–Kier alpha value is -1.91. The van der Waals surface area contributed by atoms with Crippen molar-refractivity contribution in [3.05, 3.63) is 30.1 Å². The SMILES string of the molecule is COC(=O)C(C)(C)C(=O)N(C)c1ccccc1F. The highest BCUT2D eigenvalue weighted by atomic mass is 19.1. The van der Waals surface area contributed by atoms with Crippen molar-refractivity contribution in [2.75, 3.05) is 19.1 Å². The van der Waals surface area contributed by atoms with Crippen molar-refractivity contribution in [1.82, 2.24) is 0 Å². The first kappa shape index (κ1) is 14.2. The largest absolute Gasteiger partial charge is 0.468 e. The lowest BCUT2D eigenvalue weighted by atomic mass is 9.91. The highest BCUT2D eigenvalue weighted by molar-refractivity contribution is 6.09. The predicted octanol–water partition coefficient (Wildman–Crippen LogP) is 1.99. The van der Waals surface area contributed by atoms with E-state index in [1.165, 1.54) is 46.2 Å². The second-order valence-electron chi connectivity index (χ2n) is 4.43. The zero-order valence-corrected chi connectivity index (χ0v) is 10.9. The van der Waals surface area contributed by atoms with E-state index in [0.29, 0.717) is 0 Å². The fraction of sp³-hybridized carbons (Fsp3) is 0.385. The molecule has 98 valence electrons. The molecule has 0 N–H and O–H groups in total. The molecule has 0 atom stereocenters. The first-order chi connectivity index (χ1) is 8.32. The fourth-order valence-corrected chi connectivity index (χ4v) is 1.59. The van der Waals surface area contributed by atoms with Gasteiger partial charge in [-0.25, -0.2) is 4.39 Å². The minimum Gasteiger partial charge on any atom is -0.468 e. The predicted molar refractivity (Wildman–Crippen MR) is 65.6 cm³/mol. The first-order valence-corrected chi connectivity index (χ1v) is 5.43.